The van der Waals surface area contributed by atoms with Crippen LogP contribution in [0.5, 0.6) is 0 Å². The lowest BCUT2D eigenvalue weighted by Crippen LogP contribution is -2.17. The molecule has 0 atom stereocenters. The maximum Gasteiger partial charge on any atom is 0.0494 e. The third-order valence-electron chi connectivity index (χ3n) is 2.64. The van der Waals surface area contributed by atoms with E-state index in [4.69, 9.17) is 11.2 Å². The molecule has 0 bridgehead atoms. The van der Waals surface area contributed by atoms with Crippen LogP contribution in [0.2, 0.25) is 0 Å². The molecular formula is C11H18O. The van der Waals surface area contributed by atoms with Crippen LogP contribution in [-0.4, -0.2) is 13.2 Å². The first-order chi connectivity index (χ1) is 5.86. The second-order valence-corrected chi connectivity index (χ2v) is 3.54. The van der Waals surface area contributed by atoms with Crippen LogP contribution in [0.3, 0.4) is 0 Å². The molecule has 0 amide bonds. The van der Waals surface area contributed by atoms with Crippen molar-refractivity contribution in [2.24, 2.45) is 11.8 Å². The second-order valence-electron chi connectivity index (χ2n) is 3.54. The van der Waals surface area contributed by atoms with Gasteiger partial charge in [-0.25, -0.2) is 0 Å². The molecule has 0 spiro atoms. The minimum absolute atomic E-state index is 0.544. The van der Waals surface area contributed by atoms with Gasteiger partial charge in [-0.15, -0.1) is 12.3 Å². The van der Waals surface area contributed by atoms with Gasteiger partial charge in [0.2, 0.25) is 0 Å². The highest BCUT2D eigenvalue weighted by Gasteiger charge is 2.19. The van der Waals surface area contributed by atoms with Crippen LogP contribution in [0.15, 0.2) is 0 Å². The summed E-state index contributed by atoms with van der Waals surface area (Å²) in [4.78, 5) is 0. The highest BCUT2D eigenvalue weighted by Crippen LogP contribution is 2.28. The predicted octanol–water partition coefficient (Wildman–Crippen LogP) is 2.46. The van der Waals surface area contributed by atoms with Crippen LogP contribution in [0.1, 0.15) is 32.6 Å². The molecule has 0 aliphatic heterocycles. The molecule has 0 heterocycles. The summed E-state index contributed by atoms with van der Waals surface area (Å²) in [6.45, 7) is 3.83. The van der Waals surface area contributed by atoms with Crippen molar-refractivity contribution in [3.05, 3.63) is 0 Å². The minimum Gasteiger partial charge on any atom is -0.381 e. The molecule has 1 saturated carbocycles. The zero-order chi connectivity index (χ0) is 8.81. The Kier molecular flexibility index (Phi) is 4.18. The molecule has 0 aromatic rings. The van der Waals surface area contributed by atoms with Gasteiger partial charge in [0.15, 0.2) is 0 Å². The molecule has 1 rings (SSSR count). The summed E-state index contributed by atoms with van der Waals surface area (Å²) in [5.74, 6) is 4.16. The van der Waals surface area contributed by atoms with Crippen molar-refractivity contribution < 1.29 is 4.74 Å². The van der Waals surface area contributed by atoms with E-state index in [1.54, 1.807) is 0 Å². The van der Waals surface area contributed by atoms with Crippen molar-refractivity contribution in [2.45, 2.75) is 32.6 Å². The summed E-state index contributed by atoms with van der Waals surface area (Å²) >= 11 is 0. The maximum absolute atomic E-state index is 5.39. The van der Waals surface area contributed by atoms with E-state index in [2.05, 4.69) is 5.92 Å². The molecule has 0 saturated heterocycles. The Morgan fingerprint density at radius 2 is 2.00 bits per heavy atom. The van der Waals surface area contributed by atoms with E-state index in [1.165, 1.54) is 25.7 Å². The molecular weight excluding hydrogens is 148 g/mol. The van der Waals surface area contributed by atoms with Crippen molar-refractivity contribution >= 4 is 0 Å². The maximum atomic E-state index is 5.39. The third-order valence-corrected chi connectivity index (χ3v) is 2.64. The SMILES string of the molecule is C#CC1CCC(COCC)CC1. The molecule has 68 valence electrons. The Morgan fingerprint density at radius 1 is 1.33 bits per heavy atom. The summed E-state index contributed by atoms with van der Waals surface area (Å²) < 4.78 is 5.39. The lowest BCUT2D eigenvalue weighted by atomic mass is 9.83. The Morgan fingerprint density at radius 3 is 2.50 bits per heavy atom. The molecule has 1 aliphatic rings. The monoisotopic (exact) mass is 166 g/mol. The molecule has 1 heteroatoms. The van der Waals surface area contributed by atoms with Crippen molar-refractivity contribution in [1.82, 2.24) is 0 Å². The highest BCUT2D eigenvalue weighted by atomic mass is 16.5. The van der Waals surface area contributed by atoms with E-state index in [9.17, 15) is 0 Å². The normalized spacial score (nSPS) is 29.7. The Balaban J connectivity index is 2.14. The van der Waals surface area contributed by atoms with Crippen LogP contribution in [-0.2, 0) is 4.74 Å². The lowest BCUT2D eigenvalue weighted by molar-refractivity contribution is 0.0908. The summed E-state index contributed by atoms with van der Waals surface area (Å²) in [6, 6.07) is 0. The van der Waals surface area contributed by atoms with Gasteiger partial charge in [0.05, 0.1) is 0 Å². The van der Waals surface area contributed by atoms with Crippen LogP contribution in [0.25, 0.3) is 0 Å². The van der Waals surface area contributed by atoms with Gasteiger partial charge in [-0.2, -0.15) is 0 Å². The summed E-state index contributed by atoms with van der Waals surface area (Å²) in [6.07, 6.45) is 10.3. The third kappa shape index (κ3) is 2.87. The first-order valence-corrected chi connectivity index (χ1v) is 4.90. The number of ether oxygens (including phenoxy) is 1. The van der Waals surface area contributed by atoms with Crippen molar-refractivity contribution in [2.75, 3.05) is 13.2 Å². The number of rotatable bonds is 3. The Labute approximate surface area is 75.5 Å². The summed E-state index contributed by atoms with van der Waals surface area (Å²) in [7, 11) is 0. The molecule has 12 heavy (non-hydrogen) atoms. The van der Waals surface area contributed by atoms with Gasteiger partial charge < -0.3 is 4.74 Å². The summed E-state index contributed by atoms with van der Waals surface area (Å²) in [5.41, 5.74) is 0. The number of hydrogen-bond acceptors (Lipinski definition) is 1. The zero-order valence-corrected chi connectivity index (χ0v) is 7.88. The molecule has 0 radical (unpaired) electrons. The number of terminal acetylenes is 1. The van der Waals surface area contributed by atoms with Gasteiger partial charge in [0.1, 0.15) is 0 Å². The van der Waals surface area contributed by atoms with E-state index in [0.717, 1.165) is 19.1 Å². The first kappa shape index (κ1) is 9.61. The molecule has 1 aliphatic carbocycles. The fourth-order valence-electron chi connectivity index (χ4n) is 1.78. The van der Waals surface area contributed by atoms with E-state index >= 15 is 0 Å². The molecule has 0 aromatic carbocycles. The van der Waals surface area contributed by atoms with Gasteiger partial charge in [-0.1, -0.05) is 0 Å². The topological polar surface area (TPSA) is 9.23 Å². The van der Waals surface area contributed by atoms with E-state index in [1.807, 2.05) is 6.92 Å². The van der Waals surface area contributed by atoms with Crippen LogP contribution < -0.4 is 0 Å². The van der Waals surface area contributed by atoms with E-state index in [-0.39, 0.29) is 0 Å². The smallest absolute Gasteiger partial charge is 0.0494 e. The Hall–Kier alpha value is -0.480. The standard InChI is InChI=1S/C11H18O/c1-3-10-5-7-11(8-6-10)9-12-4-2/h1,10-11H,4-9H2,2H3. The van der Waals surface area contributed by atoms with Gasteiger partial charge >= 0.3 is 0 Å². The largest absolute Gasteiger partial charge is 0.381 e. The van der Waals surface area contributed by atoms with Crippen molar-refractivity contribution in [3.63, 3.8) is 0 Å². The Bertz CT molecular complexity index is 149. The molecule has 1 nitrogen and oxygen atoms in total. The van der Waals surface area contributed by atoms with E-state index in [0.29, 0.717) is 5.92 Å². The highest BCUT2D eigenvalue weighted by molar-refractivity contribution is 4.95. The first-order valence-electron chi connectivity index (χ1n) is 4.90. The molecule has 1 fully saturated rings. The average molecular weight is 166 g/mol. The summed E-state index contributed by atoms with van der Waals surface area (Å²) in [5, 5.41) is 0. The van der Waals surface area contributed by atoms with Gasteiger partial charge in [-0.3, -0.25) is 0 Å². The molecule has 0 unspecified atom stereocenters. The second kappa shape index (κ2) is 5.22. The van der Waals surface area contributed by atoms with Crippen molar-refractivity contribution in [3.8, 4) is 12.3 Å². The molecule has 0 aromatic heterocycles. The van der Waals surface area contributed by atoms with Crippen molar-refractivity contribution in [1.29, 1.82) is 0 Å². The van der Waals surface area contributed by atoms with E-state index < -0.39 is 0 Å². The quantitative estimate of drug-likeness (QED) is 0.585. The minimum atomic E-state index is 0.544. The fraction of sp³-hybridized carbons (Fsp3) is 0.818. The van der Waals surface area contributed by atoms with Gasteiger partial charge in [0.25, 0.3) is 0 Å². The lowest BCUT2D eigenvalue weighted by Gasteiger charge is -2.25. The number of hydrogen-bond donors (Lipinski definition) is 0. The van der Waals surface area contributed by atoms with Crippen LogP contribution in [0.4, 0.5) is 0 Å². The molecule has 0 N–H and O–H groups in total. The fourth-order valence-corrected chi connectivity index (χ4v) is 1.78. The average Bonchev–Trinajstić information content (AvgIpc) is 2.15. The van der Waals surface area contributed by atoms with Crippen LogP contribution in [0, 0.1) is 24.2 Å². The van der Waals surface area contributed by atoms with Gasteiger partial charge in [-0.05, 0) is 38.5 Å². The predicted molar refractivity (Wildman–Crippen MR) is 50.8 cm³/mol. The van der Waals surface area contributed by atoms with Gasteiger partial charge in [0, 0.05) is 19.1 Å². The zero-order valence-electron chi connectivity index (χ0n) is 7.88. The van der Waals surface area contributed by atoms with Crippen LogP contribution >= 0.6 is 0 Å².